The van der Waals surface area contributed by atoms with Gasteiger partial charge in [-0.2, -0.15) is 0 Å². The van der Waals surface area contributed by atoms with Crippen molar-refractivity contribution in [3.63, 3.8) is 0 Å². The van der Waals surface area contributed by atoms with Crippen LogP contribution in [0.3, 0.4) is 0 Å². The van der Waals surface area contributed by atoms with E-state index >= 15 is 0 Å². The van der Waals surface area contributed by atoms with Crippen molar-refractivity contribution in [2.45, 2.75) is 12.5 Å². The van der Waals surface area contributed by atoms with Crippen molar-refractivity contribution in [2.75, 3.05) is 40.0 Å². The quantitative estimate of drug-likeness (QED) is 0.684. The van der Waals surface area contributed by atoms with Crippen LogP contribution in [0.5, 0.6) is 0 Å². The summed E-state index contributed by atoms with van der Waals surface area (Å²) < 4.78 is 9.91. The molecule has 1 saturated heterocycles. The Labute approximate surface area is 99.7 Å². The third-order valence-corrected chi connectivity index (χ3v) is 2.50. The first-order chi connectivity index (χ1) is 8.15. The number of aliphatic carboxylic acids is 1. The summed E-state index contributed by atoms with van der Waals surface area (Å²) >= 11 is 0. The van der Waals surface area contributed by atoms with Gasteiger partial charge in [0.15, 0.2) is 0 Å². The monoisotopic (exact) mass is 246 g/mol. The first kappa shape index (κ1) is 13.7. The van der Waals surface area contributed by atoms with E-state index in [2.05, 4.69) is 5.32 Å². The number of hydrogen-bond donors (Lipinski definition) is 2. The van der Waals surface area contributed by atoms with Crippen LogP contribution < -0.4 is 5.32 Å². The standard InChI is InChI=1S/C10H18N2O5/c1-16-5-2-8(9(13)14)11-10(15)12-3-6-17-7-4-12/h8H,2-7H2,1H3,(H,11,15)(H,13,14). The number of amides is 2. The summed E-state index contributed by atoms with van der Waals surface area (Å²) in [4.78, 5) is 24.2. The topological polar surface area (TPSA) is 88.1 Å². The fourth-order valence-corrected chi connectivity index (χ4v) is 1.50. The maximum absolute atomic E-state index is 11.7. The number of urea groups is 1. The Morgan fingerprint density at radius 3 is 2.65 bits per heavy atom. The fourth-order valence-electron chi connectivity index (χ4n) is 1.50. The fraction of sp³-hybridized carbons (Fsp3) is 0.800. The van der Waals surface area contributed by atoms with Crippen molar-refractivity contribution in [3.05, 3.63) is 0 Å². The number of hydrogen-bond acceptors (Lipinski definition) is 4. The van der Waals surface area contributed by atoms with Gasteiger partial charge in [-0.1, -0.05) is 0 Å². The number of nitrogens with one attached hydrogen (secondary N) is 1. The van der Waals surface area contributed by atoms with Crippen LogP contribution in [-0.2, 0) is 14.3 Å². The summed E-state index contributed by atoms with van der Waals surface area (Å²) in [5.74, 6) is -1.05. The van der Waals surface area contributed by atoms with Gasteiger partial charge in [0.2, 0.25) is 0 Å². The Morgan fingerprint density at radius 1 is 1.47 bits per heavy atom. The predicted molar refractivity (Wildman–Crippen MR) is 58.8 cm³/mol. The van der Waals surface area contributed by atoms with Crippen molar-refractivity contribution in [3.8, 4) is 0 Å². The number of carboxylic acids is 1. The van der Waals surface area contributed by atoms with Crippen LogP contribution in [0.1, 0.15) is 6.42 Å². The van der Waals surface area contributed by atoms with Crippen LogP contribution in [0.15, 0.2) is 0 Å². The lowest BCUT2D eigenvalue weighted by molar-refractivity contribution is -0.139. The largest absolute Gasteiger partial charge is 0.480 e. The molecule has 1 fully saturated rings. The number of methoxy groups -OCH3 is 1. The van der Waals surface area contributed by atoms with Gasteiger partial charge < -0.3 is 24.8 Å². The summed E-state index contributed by atoms with van der Waals surface area (Å²) in [6.07, 6.45) is 0.252. The van der Waals surface area contributed by atoms with Crippen LogP contribution in [0.25, 0.3) is 0 Å². The summed E-state index contributed by atoms with van der Waals surface area (Å²) in [6, 6.07) is -1.28. The molecular formula is C10H18N2O5. The number of carboxylic acid groups (broad SMARTS) is 1. The Kier molecular flexibility index (Phi) is 5.71. The second-order valence-corrected chi connectivity index (χ2v) is 3.72. The van der Waals surface area contributed by atoms with Crippen LogP contribution >= 0.6 is 0 Å². The molecule has 7 heteroatoms. The second-order valence-electron chi connectivity index (χ2n) is 3.72. The molecule has 2 amide bonds. The zero-order valence-corrected chi connectivity index (χ0v) is 9.85. The minimum absolute atomic E-state index is 0.252. The third-order valence-electron chi connectivity index (χ3n) is 2.50. The van der Waals surface area contributed by atoms with E-state index in [1.165, 1.54) is 7.11 Å². The van der Waals surface area contributed by atoms with Gasteiger partial charge in [0.25, 0.3) is 0 Å². The van der Waals surface area contributed by atoms with Gasteiger partial charge in [-0.15, -0.1) is 0 Å². The van der Waals surface area contributed by atoms with Crippen LogP contribution in [0, 0.1) is 0 Å². The average Bonchev–Trinajstić information content (AvgIpc) is 2.35. The van der Waals surface area contributed by atoms with E-state index in [1.807, 2.05) is 0 Å². The molecule has 1 rings (SSSR count). The van der Waals surface area contributed by atoms with Crippen molar-refractivity contribution in [2.24, 2.45) is 0 Å². The number of rotatable bonds is 5. The number of nitrogens with zero attached hydrogens (tertiary/aromatic N) is 1. The van der Waals surface area contributed by atoms with E-state index in [4.69, 9.17) is 14.6 Å². The molecule has 98 valence electrons. The Bertz CT molecular complexity index is 265. The van der Waals surface area contributed by atoms with E-state index in [9.17, 15) is 9.59 Å². The van der Waals surface area contributed by atoms with E-state index in [0.29, 0.717) is 32.9 Å². The molecule has 0 bridgehead atoms. The molecule has 2 N–H and O–H groups in total. The first-order valence-electron chi connectivity index (χ1n) is 5.50. The van der Waals surface area contributed by atoms with E-state index in [-0.39, 0.29) is 12.5 Å². The number of ether oxygens (including phenoxy) is 2. The second kappa shape index (κ2) is 7.08. The SMILES string of the molecule is COCCC(NC(=O)N1CCOCC1)C(=O)O. The lowest BCUT2D eigenvalue weighted by atomic mass is 10.2. The number of morpholine rings is 1. The van der Waals surface area contributed by atoms with Gasteiger partial charge in [-0.25, -0.2) is 9.59 Å². The molecule has 17 heavy (non-hydrogen) atoms. The molecule has 0 aromatic carbocycles. The van der Waals surface area contributed by atoms with Gasteiger partial charge in [0.1, 0.15) is 6.04 Å². The Hall–Kier alpha value is -1.34. The smallest absolute Gasteiger partial charge is 0.326 e. The molecular weight excluding hydrogens is 228 g/mol. The molecule has 1 unspecified atom stereocenters. The molecule has 1 aliphatic rings. The zero-order valence-electron chi connectivity index (χ0n) is 9.85. The highest BCUT2D eigenvalue weighted by atomic mass is 16.5. The van der Waals surface area contributed by atoms with Crippen LogP contribution in [0.2, 0.25) is 0 Å². The van der Waals surface area contributed by atoms with Crippen LogP contribution in [0.4, 0.5) is 4.79 Å². The highest BCUT2D eigenvalue weighted by molar-refractivity contribution is 5.82. The molecule has 0 aromatic rings. The highest BCUT2D eigenvalue weighted by Crippen LogP contribution is 2.00. The van der Waals surface area contributed by atoms with Crippen LogP contribution in [-0.4, -0.2) is 68.1 Å². The van der Waals surface area contributed by atoms with Gasteiger partial charge >= 0.3 is 12.0 Å². The molecule has 1 heterocycles. The molecule has 7 nitrogen and oxygen atoms in total. The minimum atomic E-state index is -1.05. The van der Waals surface area contributed by atoms with Gasteiger partial charge in [-0.05, 0) is 0 Å². The van der Waals surface area contributed by atoms with E-state index in [1.54, 1.807) is 4.90 Å². The normalized spacial score (nSPS) is 17.6. The first-order valence-corrected chi connectivity index (χ1v) is 5.50. The summed E-state index contributed by atoms with van der Waals surface area (Å²) in [5, 5.41) is 11.4. The maximum atomic E-state index is 11.7. The molecule has 0 aromatic heterocycles. The lowest BCUT2D eigenvalue weighted by Gasteiger charge is -2.28. The van der Waals surface area contributed by atoms with E-state index in [0.717, 1.165) is 0 Å². The minimum Gasteiger partial charge on any atom is -0.480 e. The number of carbonyl (C=O) groups is 2. The molecule has 1 aliphatic heterocycles. The summed E-state index contributed by atoms with van der Waals surface area (Å²) in [5.41, 5.74) is 0. The van der Waals surface area contributed by atoms with Crippen molar-refractivity contribution in [1.82, 2.24) is 10.2 Å². The predicted octanol–water partition coefficient (Wildman–Crippen LogP) is -0.482. The third kappa shape index (κ3) is 4.58. The van der Waals surface area contributed by atoms with Crippen molar-refractivity contribution < 1.29 is 24.2 Å². The zero-order chi connectivity index (χ0) is 12.7. The Balaban J connectivity index is 2.42. The summed E-state index contributed by atoms with van der Waals surface area (Å²) in [7, 11) is 1.49. The maximum Gasteiger partial charge on any atom is 0.326 e. The molecule has 0 aliphatic carbocycles. The lowest BCUT2D eigenvalue weighted by Crippen LogP contribution is -2.51. The molecule has 1 atom stereocenters. The average molecular weight is 246 g/mol. The van der Waals surface area contributed by atoms with Crippen molar-refractivity contribution in [1.29, 1.82) is 0 Å². The molecule has 0 saturated carbocycles. The van der Waals surface area contributed by atoms with Gasteiger partial charge in [0.05, 0.1) is 13.2 Å². The van der Waals surface area contributed by atoms with Gasteiger partial charge in [0, 0.05) is 33.2 Å². The number of carbonyl (C=O) groups excluding carboxylic acids is 1. The van der Waals surface area contributed by atoms with Gasteiger partial charge in [-0.3, -0.25) is 0 Å². The Morgan fingerprint density at radius 2 is 2.12 bits per heavy atom. The highest BCUT2D eigenvalue weighted by Gasteiger charge is 2.23. The summed E-state index contributed by atoms with van der Waals surface area (Å²) in [6.45, 7) is 2.25. The van der Waals surface area contributed by atoms with E-state index < -0.39 is 12.0 Å². The van der Waals surface area contributed by atoms with Crippen molar-refractivity contribution >= 4 is 12.0 Å². The molecule has 0 radical (unpaired) electrons. The molecule has 0 spiro atoms.